The summed E-state index contributed by atoms with van der Waals surface area (Å²) in [5.41, 5.74) is 0.870. The van der Waals surface area contributed by atoms with Crippen LogP contribution in [0.25, 0.3) is 0 Å². The van der Waals surface area contributed by atoms with Crippen LogP contribution in [0.15, 0.2) is 23.8 Å². The zero-order chi connectivity index (χ0) is 5.70. The fourth-order valence-corrected chi connectivity index (χ4v) is 0.353. The van der Waals surface area contributed by atoms with Crippen LogP contribution in [0.2, 0.25) is 0 Å². The standard InChI is InChI=1S/C5H9NS/c1-5(6-2)3-4-7/h3-4,6-7H,1H2,2H3/b4-3-. The van der Waals surface area contributed by atoms with E-state index in [9.17, 15) is 0 Å². The van der Waals surface area contributed by atoms with Crippen molar-refractivity contribution in [1.29, 1.82) is 0 Å². The van der Waals surface area contributed by atoms with Gasteiger partial charge in [-0.05, 0) is 11.5 Å². The van der Waals surface area contributed by atoms with Gasteiger partial charge in [-0.3, -0.25) is 0 Å². The van der Waals surface area contributed by atoms with Crippen molar-refractivity contribution in [3.63, 3.8) is 0 Å². The highest BCUT2D eigenvalue weighted by Crippen LogP contribution is 1.85. The molecule has 0 saturated carbocycles. The number of hydrogen-bond acceptors (Lipinski definition) is 2. The van der Waals surface area contributed by atoms with Gasteiger partial charge >= 0.3 is 0 Å². The second-order valence-corrected chi connectivity index (χ2v) is 1.39. The Labute approximate surface area is 49.5 Å². The van der Waals surface area contributed by atoms with E-state index in [0.717, 1.165) is 5.70 Å². The maximum Gasteiger partial charge on any atom is 0.0269 e. The van der Waals surface area contributed by atoms with E-state index >= 15 is 0 Å². The zero-order valence-corrected chi connectivity index (χ0v) is 5.20. The zero-order valence-electron chi connectivity index (χ0n) is 4.31. The van der Waals surface area contributed by atoms with E-state index in [0.29, 0.717) is 0 Å². The molecule has 0 aliphatic rings. The SMILES string of the molecule is C=C(/C=C\S)NC. The van der Waals surface area contributed by atoms with E-state index in [1.165, 1.54) is 0 Å². The Kier molecular flexibility index (Phi) is 3.61. The monoisotopic (exact) mass is 115 g/mol. The molecular formula is C5H9NS. The van der Waals surface area contributed by atoms with Crippen molar-refractivity contribution in [1.82, 2.24) is 5.32 Å². The summed E-state index contributed by atoms with van der Waals surface area (Å²) in [6.45, 7) is 3.62. The highest BCUT2D eigenvalue weighted by molar-refractivity contribution is 7.83. The van der Waals surface area contributed by atoms with Crippen LogP contribution in [0.4, 0.5) is 0 Å². The molecular weight excluding hydrogens is 106 g/mol. The molecule has 0 spiro atoms. The smallest absolute Gasteiger partial charge is 0.0269 e. The van der Waals surface area contributed by atoms with Crippen LogP contribution in [0.5, 0.6) is 0 Å². The lowest BCUT2D eigenvalue weighted by molar-refractivity contribution is 1.04. The molecule has 2 heteroatoms. The quantitative estimate of drug-likeness (QED) is 0.406. The molecule has 0 aromatic heterocycles. The molecule has 0 heterocycles. The van der Waals surface area contributed by atoms with Crippen LogP contribution in [-0.2, 0) is 0 Å². The van der Waals surface area contributed by atoms with Crippen molar-refractivity contribution >= 4 is 12.6 Å². The van der Waals surface area contributed by atoms with Gasteiger partial charge < -0.3 is 5.32 Å². The summed E-state index contributed by atoms with van der Waals surface area (Å²) >= 11 is 3.83. The number of hydrogen-bond donors (Lipinski definition) is 2. The number of thiol groups is 1. The average Bonchev–Trinajstić information content (AvgIpc) is 1.68. The first-order chi connectivity index (χ1) is 3.31. The lowest BCUT2D eigenvalue weighted by atomic mass is 10.5. The molecule has 40 valence electrons. The van der Waals surface area contributed by atoms with Gasteiger partial charge in [-0.15, -0.1) is 0 Å². The number of nitrogens with one attached hydrogen (secondary N) is 1. The first kappa shape index (κ1) is 6.63. The number of rotatable bonds is 2. The predicted octanol–water partition coefficient (Wildman–Crippen LogP) is 1.16. The fraction of sp³-hybridized carbons (Fsp3) is 0.200. The summed E-state index contributed by atoms with van der Waals surface area (Å²) in [6, 6.07) is 0. The largest absolute Gasteiger partial charge is 0.389 e. The molecule has 0 rings (SSSR count). The Morgan fingerprint density at radius 3 is 2.57 bits per heavy atom. The third kappa shape index (κ3) is 3.46. The van der Waals surface area contributed by atoms with Crippen molar-refractivity contribution in [3.05, 3.63) is 23.8 Å². The van der Waals surface area contributed by atoms with Gasteiger partial charge in [-0.2, -0.15) is 12.6 Å². The molecule has 7 heavy (non-hydrogen) atoms. The summed E-state index contributed by atoms with van der Waals surface area (Å²) in [5.74, 6) is 0. The van der Waals surface area contributed by atoms with E-state index in [1.54, 1.807) is 11.5 Å². The van der Waals surface area contributed by atoms with Crippen molar-refractivity contribution in [2.24, 2.45) is 0 Å². The van der Waals surface area contributed by atoms with Crippen LogP contribution >= 0.6 is 12.6 Å². The second kappa shape index (κ2) is 3.81. The number of likely N-dealkylation sites (N-methyl/N-ethyl adjacent to an activating group) is 1. The van der Waals surface area contributed by atoms with Gasteiger partial charge in [0.1, 0.15) is 0 Å². The fourth-order valence-electron chi connectivity index (χ4n) is 0.173. The molecule has 0 unspecified atom stereocenters. The van der Waals surface area contributed by atoms with Gasteiger partial charge in [0.05, 0.1) is 0 Å². The molecule has 0 aliphatic heterocycles. The van der Waals surface area contributed by atoms with Gasteiger partial charge in [-0.25, -0.2) is 0 Å². The topological polar surface area (TPSA) is 12.0 Å². The van der Waals surface area contributed by atoms with Crippen LogP contribution in [-0.4, -0.2) is 7.05 Å². The van der Waals surface area contributed by atoms with Crippen LogP contribution in [0, 0.1) is 0 Å². The highest BCUT2D eigenvalue weighted by Gasteiger charge is 1.72. The summed E-state index contributed by atoms with van der Waals surface area (Å²) in [6.07, 6.45) is 1.78. The van der Waals surface area contributed by atoms with Crippen molar-refractivity contribution in [2.45, 2.75) is 0 Å². The Hall–Kier alpha value is -0.370. The van der Waals surface area contributed by atoms with E-state index in [2.05, 4.69) is 24.5 Å². The molecule has 0 atom stereocenters. The molecule has 0 saturated heterocycles. The molecule has 0 bridgehead atoms. The van der Waals surface area contributed by atoms with Crippen molar-refractivity contribution in [3.8, 4) is 0 Å². The first-order valence-corrected chi connectivity index (χ1v) is 2.50. The molecule has 0 amide bonds. The van der Waals surface area contributed by atoms with Crippen LogP contribution in [0.3, 0.4) is 0 Å². The lowest BCUT2D eigenvalue weighted by Crippen LogP contribution is -1.99. The molecule has 1 N–H and O–H groups in total. The minimum Gasteiger partial charge on any atom is -0.389 e. The van der Waals surface area contributed by atoms with Gasteiger partial charge in [0.2, 0.25) is 0 Å². The Morgan fingerprint density at radius 1 is 1.86 bits per heavy atom. The van der Waals surface area contributed by atoms with Gasteiger partial charge in [0.15, 0.2) is 0 Å². The molecule has 0 aromatic carbocycles. The minimum atomic E-state index is 0.870. The Morgan fingerprint density at radius 2 is 2.43 bits per heavy atom. The Bertz CT molecular complexity index is 86.1. The lowest BCUT2D eigenvalue weighted by Gasteiger charge is -1.91. The normalized spacial score (nSPS) is 9.43. The second-order valence-electron chi connectivity index (χ2n) is 1.09. The van der Waals surface area contributed by atoms with Crippen molar-refractivity contribution in [2.75, 3.05) is 7.05 Å². The average molecular weight is 115 g/mol. The van der Waals surface area contributed by atoms with Crippen LogP contribution < -0.4 is 5.32 Å². The van der Waals surface area contributed by atoms with E-state index < -0.39 is 0 Å². The van der Waals surface area contributed by atoms with E-state index in [-0.39, 0.29) is 0 Å². The van der Waals surface area contributed by atoms with E-state index in [1.807, 2.05) is 7.05 Å². The van der Waals surface area contributed by atoms with E-state index in [4.69, 9.17) is 0 Å². The predicted molar refractivity (Wildman–Crippen MR) is 36.3 cm³/mol. The van der Waals surface area contributed by atoms with Gasteiger partial charge in [0, 0.05) is 12.7 Å². The van der Waals surface area contributed by atoms with Crippen LogP contribution in [0.1, 0.15) is 0 Å². The summed E-state index contributed by atoms with van der Waals surface area (Å²) < 4.78 is 0. The summed E-state index contributed by atoms with van der Waals surface area (Å²) in [7, 11) is 1.82. The maximum atomic E-state index is 3.83. The minimum absolute atomic E-state index is 0.870. The van der Waals surface area contributed by atoms with Crippen molar-refractivity contribution < 1.29 is 0 Å². The molecule has 0 fully saturated rings. The molecule has 1 nitrogen and oxygen atoms in total. The number of allylic oxidation sites excluding steroid dienone is 1. The molecule has 0 radical (unpaired) electrons. The third-order valence-electron chi connectivity index (χ3n) is 0.597. The molecule has 0 aliphatic carbocycles. The summed E-state index contributed by atoms with van der Waals surface area (Å²) in [5, 5.41) is 4.47. The first-order valence-electron chi connectivity index (χ1n) is 1.98. The Balaban J connectivity index is 3.37. The third-order valence-corrected chi connectivity index (χ3v) is 0.746. The summed E-state index contributed by atoms with van der Waals surface area (Å²) in [4.78, 5) is 0. The van der Waals surface area contributed by atoms with Gasteiger partial charge in [0.25, 0.3) is 0 Å². The molecule has 0 aromatic rings. The van der Waals surface area contributed by atoms with Gasteiger partial charge in [-0.1, -0.05) is 6.58 Å². The highest BCUT2D eigenvalue weighted by atomic mass is 32.1. The maximum absolute atomic E-state index is 3.83.